The number of fused-ring (bicyclic) bond motifs is 1. The molecule has 2 heterocycles. The first-order valence-electron chi connectivity index (χ1n) is 9.84. The summed E-state index contributed by atoms with van der Waals surface area (Å²) in [4.78, 5) is 37.6. The van der Waals surface area contributed by atoms with E-state index in [1.54, 1.807) is 55.6 Å². The summed E-state index contributed by atoms with van der Waals surface area (Å²) in [6, 6.07) is 17.3. The number of rotatable bonds is 6. The minimum Gasteiger partial charge on any atom is -0.497 e. The summed E-state index contributed by atoms with van der Waals surface area (Å²) in [7, 11) is 1.56. The van der Waals surface area contributed by atoms with Crippen molar-refractivity contribution in [2.24, 2.45) is 0 Å². The van der Waals surface area contributed by atoms with Gasteiger partial charge in [-0.1, -0.05) is 17.7 Å². The fourth-order valence-electron chi connectivity index (χ4n) is 3.11. The third kappa shape index (κ3) is 4.51. The van der Waals surface area contributed by atoms with Crippen molar-refractivity contribution in [3.8, 4) is 5.75 Å². The van der Waals surface area contributed by atoms with Gasteiger partial charge in [0.25, 0.3) is 5.91 Å². The quantitative estimate of drug-likeness (QED) is 0.488. The predicted molar refractivity (Wildman–Crippen MR) is 120 cm³/mol. The number of anilines is 2. The van der Waals surface area contributed by atoms with Gasteiger partial charge < -0.3 is 15.4 Å². The van der Waals surface area contributed by atoms with E-state index in [4.69, 9.17) is 4.74 Å². The predicted octanol–water partition coefficient (Wildman–Crippen LogP) is 2.70. The van der Waals surface area contributed by atoms with Crippen molar-refractivity contribution >= 4 is 28.8 Å². The maximum atomic E-state index is 12.7. The summed E-state index contributed by atoms with van der Waals surface area (Å²) in [6.45, 7) is 1.70. The molecule has 4 aromatic rings. The summed E-state index contributed by atoms with van der Waals surface area (Å²) < 4.78 is 7.40. The molecule has 162 valence electrons. The standard InChI is InChI=1S/C23H21N5O4/c1-15-3-6-17(7-4-15)24-21(29)14-28-23(31)27-13-16(5-12-20(27)26-28)22(30)25-18-8-10-19(32-2)11-9-18/h3-13H,14H2,1-2H3,(H,24,29)(H,25,30). The zero-order valence-corrected chi connectivity index (χ0v) is 17.5. The summed E-state index contributed by atoms with van der Waals surface area (Å²) in [5.74, 6) is -0.0829. The van der Waals surface area contributed by atoms with Crippen LogP contribution in [0.2, 0.25) is 0 Å². The minimum atomic E-state index is -0.516. The smallest absolute Gasteiger partial charge is 0.350 e. The number of pyridine rings is 1. The molecule has 2 aromatic heterocycles. The molecular formula is C23H21N5O4. The summed E-state index contributed by atoms with van der Waals surface area (Å²) in [5.41, 5.74) is 2.39. The van der Waals surface area contributed by atoms with Crippen molar-refractivity contribution in [3.05, 3.63) is 88.5 Å². The Hall–Kier alpha value is -4.40. The molecule has 0 fully saturated rings. The Morgan fingerprint density at radius 2 is 1.59 bits per heavy atom. The van der Waals surface area contributed by atoms with E-state index in [-0.39, 0.29) is 23.9 Å². The van der Waals surface area contributed by atoms with Gasteiger partial charge in [0.1, 0.15) is 12.3 Å². The van der Waals surface area contributed by atoms with Gasteiger partial charge in [-0.2, -0.15) is 0 Å². The molecule has 0 atom stereocenters. The first-order chi connectivity index (χ1) is 15.4. The first-order valence-corrected chi connectivity index (χ1v) is 9.84. The lowest BCUT2D eigenvalue weighted by molar-refractivity contribution is -0.117. The monoisotopic (exact) mass is 431 g/mol. The lowest BCUT2D eigenvalue weighted by atomic mass is 10.2. The van der Waals surface area contributed by atoms with Gasteiger partial charge >= 0.3 is 5.69 Å². The highest BCUT2D eigenvalue weighted by Gasteiger charge is 2.14. The Morgan fingerprint density at radius 1 is 0.938 bits per heavy atom. The molecule has 0 aliphatic rings. The summed E-state index contributed by atoms with van der Waals surface area (Å²) >= 11 is 0. The SMILES string of the molecule is COc1ccc(NC(=O)c2ccc3nn(CC(=O)Nc4ccc(C)cc4)c(=O)n3c2)cc1. The van der Waals surface area contributed by atoms with Gasteiger partial charge in [-0.3, -0.25) is 9.59 Å². The molecule has 0 saturated heterocycles. The van der Waals surface area contributed by atoms with Gasteiger partial charge in [0.05, 0.1) is 12.7 Å². The van der Waals surface area contributed by atoms with E-state index >= 15 is 0 Å². The number of carbonyl (C=O) groups is 2. The number of aryl methyl sites for hydroxylation is 1. The van der Waals surface area contributed by atoms with Gasteiger partial charge in [0.2, 0.25) is 5.91 Å². The second-order valence-corrected chi connectivity index (χ2v) is 7.18. The van der Waals surface area contributed by atoms with Crippen LogP contribution in [0, 0.1) is 6.92 Å². The van der Waals surface area contributed by atoms with E-state index < -0.39 is 5.69 Å². The highest BCUT2D eigenvalue weighted by Crippen LogP contribution is 2.16. The molecule has 9 heteroatoms. The molecule has 0 bridgehead atoms. The number of nitrogens with zero attached hydrogens (tertiary/aromatic N) is 3. The van der Waals surface area contributed by atoms with Gasteiger partial charge in [0, 0.05) is 17.6 Å². The van der Waals surface area contributed by atoms with Crippen LogP contribution in [-0.2, 0) is 11.3 Å². The molecule has 0 aliphatic heterocycles. The average Bonchev–Trinajstić information content (AvgIpc) is 3.10. The lowest BCUT2D eigenvalue weighted by Crippen LogP contribution is -2.28. The topological polar surface area (TPSA) is 107 Å². The lowest BCUT2D eigenvalue weighted by Gasteiger charge is -2.06. The first kappa shape index (κ1) is 20.9. The third-order valence-corrected chi connectivity index (χ3v) is 4.82. The number of amides is 2. The third-order valence-electron chi connectivity index (χ3n) is 4.82. The number of methoxy groups -OCH3 is 1. The highest BCUT2D eigenvalue weighted by atomic mass is 16.5. The van der Waals surface area contributed by atoms with Crippen LogP contribution in [0.1, 0.15) is 15.9 Å². The van der Waals surface area contributed by atoms with Crippen LogP contribution in [0.15, 0.2) is 71.7 Å². The number of hydrogen-bond donors (Lipinski definition) is 2. The normalized spacial score (nSPS) is 10.7. The van der Waals surface area contributed by atoms with Crippen molar-refractivity contribution in [3.63, 3.8) is 0 Å². The van der Waals surface area contributed by atoms with Crippen LogP contribution in [0.25, 0.3) is 5.65 Å². The number of hydrogen-bond acceptors (Lipinski definition) is 5. The molecule has 0 unspecified atom stereocenters. The Morgan fingerprint density at radius 3 is 2.28 bits per heavy atom. The number of nitrogens with one attached hydrogen (secondary N) is 2. The van der Waals surface area contributed by atoms with E-state index in [0.29, 0.717) is 22.8 Å². The molecule has 2 aromatic carbocycles. The van der Waals surface area contributed by atoms with Crippen molar-refractivity contribution in [2.75, 3.05) is 17.7 Å². The van der Waals surface area contributed by atoms with Crippen LogP contribution < -0.4 is 21.1 Å². The summed E-state index contributed by atoms with van der Waals surface area (Å²) in [6.07, 6.45) is 1.40. The molecule has 9 nitrogen and oxygen atoms in total. The molecule has 0 saturated carbocycles. The van der Waals surface area contributed by atoms with Crippen molar-refractivity contribution < 1.29 is 14.3 Å². The zero-order chi connectivity index (χ0) is 22.7. The van der Waals surface area contributed by atoms with Crippen molar-refractivity contribution in [1.82, 2.24) is 14.2 Å². The van der Waals surface area contributed by atoms with E-state index in [2.05, 4.69) is 15.7 Å². The van der Waals surface area contributed by atoms with Crippen LogP contribution in [0.3, 0.4) is 0 Å². The van der Waals surface area contributed by atoms with Crippen molar-refractivity contribution in [1.29, 1.82) is 0 Å². The molecule has 4 rings (SSSR count). The molecule has 32 heavy (non-hydrogen) atoms. The van der Waals surface area contributed by atoms with Gasteiger partial charge in [0.15, 0.2) is 5.65 Å². The Kier molecular flexibility index (Phi) is 5.71. The Balaban J connectivity index is 1.50. The fourth-order valence-corrected chi connectivity index (χ4v) is 3.11. The van der Waals surface area contributed by atoms with Crippen LogP contribution in [-0.4, -0.2) is 33.1 Å². The van der Waals surface area contributed by atoms with Crippen LogP contribution in [0.5, 0.6) is 5.75 Å². The summed E-state index contributed by atoms with van der Waals surface area (Å²) in [5, 5.41) is 9.67. The Labute approximate surface area is 183 Å². The second kappa shape index (κ2) is 8.76. The van der Waals surface area contributed by atoms with Crippen LogP contribution in [0.4, 0.5) is 11.4 Å². The van der Waals surface area contributed by atoms with Crippen molar-refractivity contribution in [2.45, 2.75) is 13.5 Å². The number of carbonyl (C=O) groups excluding carboxylic acids is 2. The van der Waals surface area contributed by atoms with Crippen LogP contribution >= 0.6 is 0 Å². The van der Waals surface area contributed by atoms with E-state index in [1.165, 1.54) is 10.6 Å². The average molecular weight is 431 g/mol. The molecule has 0 radical (unpaired) electrons. The number of aromatic nitrogens is 3. The maximum absolute atomic E-state index is 12.7. The maximum Gasteiger partial charge on any atom is 0.350 e. The van der Waals surface area contributed by atoms with E-state index in [1.807, 2.05) is 19.1 Å². The van der Waals surface area contributed by atoms with Gasteiger partial charge in [-0.05, 0) is 55.5 Å². The second-order valence-electron chi connectivity index (χ2n) is 7.18. The van der Waals surface area contributed by atoms with E-state index in [9.17, 15) is 14.4 Å². The van der Waals surface area contributed by atoms with Gasteiger partial charge in [-0.25, -0.2) is 13.9 Å². The number of benzene rings is 2. The minimum absolute atomic E-state index is 0.248. The zero-order valence-electron chi connectivity index (χ0n) is 17.5. The fraction of sp³-hybridized carbons (Fsp3) is 0.130. The molecule has 0 spiro atoms. The Bertz CT molecular complexity index is 1340. The largest absolute Gasteiger partial charge is 0.497 e. The van der Waals surface area contributed by atoms with E-state index in [0.717, 1.165) is 10.2 Å². The molecule has 2 amide bonds. The number of ether oxygens (including phenoxy) is 1. The molecule has 0 aliphatic carbocycles. The highest BCUT2D eigenvalue weighted by molar-refractivity contribution is 6.04. The molecule has 2 N–H and O–H groups in total. The molecular weight excluding hydrogens is 410 g/mol. The van der Waals surface area contributed by atoms with Gasteiger partial charge in [-0.15, -0.1) is 5.10 Å².